The summed E-state index contributed by atoms with van der Waals surface area (Å²) in [5.74, 6) is 1.19. The fourth-order valence-electron chi connectivity index (χ4n) is 3.35. The van der Waals surface area contributed by atoms with Crippen molar-refractivity contribution in [2.24, 2.45) is 0 Å². The summed E-state index contributed by atoms with van der Waals surface area (Å²) < 4.78 is 11.1. The molecule has 1 saturated heterocycles. The summed E-state index contributed by atoms with van der Waals surface area (Å²) in [6, 6.07) is 16.1. The van der Waals surface area contributed by atoms with Gasteiger partial charge in [0.2, 0.25) is 11.7 Å². The normalized spacial score (nSPS) is 19.5. The molecule has 1 aromatic heterocycles. The topological polar surface area (TPSA) is 60.2 Å². The monoisotopic (exact) mass is 383 g/mol. The first-order valence-corrected chi connectivity index (χ1v) is 9.47. The van der Waals surface area contributed by atoms with E-state index in [4.69, 9.17) is 20.9 Å². The van der Waals surface area contributed by atoms with E-state index in [-0.39, 0.29) is 5.54 Å². The SMILES string of the molecule is Cc1ccc(-c2noc(CNC3(Cc4ccc(Cl)cc4)CCOC3)n2)cc1. The van der Waals surface area contributed by atoms with Gasteiger partial charge in [-0.15, -0.1) is 0 Å². The van der Waals surface area contributed by atoms with Crippen LogP contribution in [0.2, 0.25) is 5.02 Å². The van der Waals surface area contributed by atoms with Crippen LogP contribution in [0.1, 0.15) is 23.4 Å². The molecule has 0 saturated carbocycles. The van der Waals surface area contributed by atoms with Crippen LogP contribution in [0.5, 0.6) is 0 Å². The average molecular weight is 384 g/mol. The van der Waals surface area contributed by atoms with Crippen molar-refractivity contribution in [3.05, 3.63) is 70.6 Å². The van der Waals surface area contributed by atoms with Gasteiger partial charge >= 0.3 is 0 Å². The molecular weight excluding hydrogens is 362 g/mol. The molecule has 1 fully saturated rings. The second kappa shape index (κ2) is 7.80. The molecule has 6 heteroatoms. The van der Waals surface area contributed by atoms with Crippen LogP contribution < -0.4 is 5.32 Å². The number of halogens is 1. The third-order valence-electron chi connectivity index (χ3n) is 4.95. The summed E-state index contributed by atoms with van der Waals surface area (Å²) >= 11 is 6.00. The molecule has 27 heavy (non-hydrogen) atoms. The largest absolute Gasteiger partial charge is 0.379 e. The van der Waals surface area contributed by atoms with Crippen LogP contribution in [0.15, 0.2) is 53.1 Å². The highest BCUT2D eigenvalue weighted by atomic mass is 35.5. The molecule has 0 spiro atoms. The quantitative estimate of drug-likeness (QED) is 0.691. The number of nitrogens with zero attached hydrogens (tertiary/aromatic N) is 2. The Labute approximate surface area is 163 Å². The van der Waals surface area contributed by atoms with E-state index in [0.29, 0.717) is 24.9 Å². The van der Waals surface area contributed by atoms with Gasteiger partial charge in [-0.25, -0.2) is 0 Å². The fourth-order valence-corrected chi connectivity index (χ4v) is 3.48. The molecule has 0 bridgehead atoms. The van der Waals surface area contributed by atoms with Crippen LogP contribution in [0, 0.1) is 6.92 Å². The van der Waals surface area contributed by atoms with Gasteiger partial charge in [-0.2, -0.15) is 4.98 Å². The molecular formula is C21H22ClN3O2. The lowest BCUT2D eigenvalue weighted by Gasteiger charge is -2.28. The lowest BCUT2D eigenvalue weighted by atomic mass is 9.90. The van der Waals surface area contributed by atoms with Crippen LogP contribution in [0.25, 0.3) is 11.4 Å². The lowest BCUT2D eigenvalue weighted by molar-refractivity contribution is 0.163. The van der Waals surface area contributed by atoms with Gasteiger partial charge in [0.1, 0.15) is 0 Å². The zero-order chi connectivity index (χ0) is 18.7. The number of rotatable bonds is 6. The van der Waals surface area contributed by atoms with Crippen LogP contribution in [-0.2, 0) is 17.7 Å². The van der Waals surface area contributed by atoms with Gasteiger partial charge in [0.25, 0.3) is 0 Å². The van der Waals surface area contributed by atoms with Gasteiger partial charge in [0.15, 0.2) is 0 Å². The Morgan fingerprint density at radius 2 is 1.89 bits per heavy atom. The Bertz CT molecular complexity index is 885. The van der Waals surface area contributed by atoms with Crippen molar-refractivity contribution >= 4 is 11.6 Å². The minimum Gasteiger partial charge on any atom is -0.379 e. The standard InChI is InChI=1S/C21H22ClN3O2/c1-15-2-6-17(7-3-15)20-24-19(27-25-20)13-23-21(10-11-26-14-21)12-16-4-8-18(22)9-5-16/h2-9,23H,10-14H2,1H3. The summed E-state index contributed by atoms with van der Waals surface area (Å²) in [6.45, 7) is 3.97. The molecule has 4 rings (SSSR count). The molecule has 2 aromatic carbocycles. The highest BCUT2D eigenvalue weighted by Crippen LogP contribution is 2.25. The smallest absolute Gasteiger partial charge is 0.240 e. The van der Waals surface area contributed by atoms with Gasteiger partial charge in [0, 0.05) is 22.7 Å². The molecule has 1 unspecified atom stereocenters. The Balaban J connectivity index is 1.44. The zero-order valence-corrected chi connectivity index (χ0v) is 16.0. The van der Waals surface area contributed by atoms with Crippen molar-refractivity contribution in [3.8, 4) is 11.4 Å². The second-order valence-electron chi connectivity index (χ2n) is 7.12. The van der Waals surface area contributed by atoms with Crippen molar-refractivity contribution in [2.75, 3.05) is 13.2 Å². The molecule has 2 heterocycles. The highest BCUT2D eigenvalue weighted by Gasteiger charge is 2.35. The Morgan fingerprint density at radius 1 is 1.11 bits per heavy atom. The van der Waals surface area contributed by atoms with E-state index in [2.05, 4.69) is 34.5 Å². The van der Waals surface area contributed by atoms with E-state index < -0.39 is 0 Å². The van der Waals surface area contributed by atoms with E-state index >= 15 is 0 Å². The number of hydrogen-bond acceptors (Lipinski definition) is 5. The summed E-state index contributed by atoms with van der Waals surface area (Å²) in [5.41, 5.74) is 3.25. The van der Waals surface area contributed by atoms with Crippen molar-refractivity contribution in [1.82, 2.24) is 15.5 Å². The first-order valence-electron chi connectivity index (χ1n) is 9.09. The maximum atomic E-state index is 6.00. The minimum atomic E-state index is -0.133. The van der Waals surface area contributed by atoms with E-state index in [9.17, 15) is 0 Å². The zero-order valence-electron chi connectivity index (χ0n) is 15.2. The summed E-state index contributed by atoms with van der Waals surface area (Å²) in [7, 11) is 0. The maximum Gasteiger partial charge on any atom is 0.240 e. The second-order valence-corrected chi connectivity index (χ2v) is 7.55. The first-order chi connectivity index (χ1) is 13.1. The lowest BCUT2D eigenvalue weighted by Crippen LogP contribution is -2.47. The Morgan fingerprint density at radius 3 is 2.59 bits per heavy atom. The van der Waals surface area contributed by atoms with E-state index in [1.807, 2.05) is 36.4 Å². The fraction of sp³-hybridized carbons (Fsp3) is 0.333. The molecule has 1 N–H and O–H groups in total. The molecule has 0 amide bonds. The van der Waals surface area contributed by atoms with Crippen LogP contribution in [0.4, 0.5) is 0 Å². The van der Waals surface area contributed by atoms with Gasteiger partial charge in [0.05, 0.1) is 13.2 Å². The van der Waals surface area contributed by atoms with Crippen LogP contribution in [-0.4, -0.2) is 28.9 Å². The number of benzene rings is 2. The minimum absolute atomic E-state index is 0.133. The third kappa shape index (κ3) is 4.38. The van der Waals surface area contributed by atoms with Crippen molar-refractivity contribution in [2.45, 2.75) is 31.8 Å². The van der Waals surface area contributed by atoms with E-state index in [0.717, 1.165) is 30.0 Å². The predicted octanol–water partition coefficient (Wildman–Crippen LogP) is 4.19. The molecule has 0 radical (unpaired) electrons. The number of aromatic nitrogens is 2. The molecule has 0 aliphatic carbocycles. The highest BCUT2D eigenvalue weighted by molar-refractivity contribution is 6.30. The number of nitrogens with one attached hydrogen (secondary N) is 1. The predicted molar refractivity (Wildman–Crippen MR) is 105 cm³/mol. The summed E-state index contributed by atoms with van der Waals surface area (Å²) in [4.78, 5) is 4.52. The molecule has 1 aliphatic heterocycles. The number of ether oxygens (including phenoxy) is 1. The molecule has 1 atom stereocenters. The molecule has 3 aromatic rings. The van der Waals surface area contributed by atoms with Crippen molar-refractivity contribution in [3.63, 3.8) is 0 Å². The van der Waals surface area contributed by atoms with Crippen LogP contribution >= 0.6 is 11.6 Å². The Kier molecular flexibility index (Phi) is 5.25. The number of aryl methyl sites for hydroxylation is 1. The maximum absolute atomic E-state index is 6.00. The van der Waals surface area contributed by atoms with Gasteiger partial charge in [-0.3, -0.25) is 0 Å². The number of hydrogen-bond donors (Lipinski definition) is 1. The Hall–Kier alpha value is -2.21. The van der Waals surface area contributed by atoms with Crippen molar-refractivity contribution in [1.29, 1.82) is 0 Å². The summed E-state index contributed by atoms with van der Waals surface area (Å²) in [6.07, 6.45) is 1.80. The first kappa shape index (κ1) is 18.2. The van der Waals surface area contributed by atoms with Gasteiger partial charge in [-0.1, -0.05) is 58.7 Å². The summed E-state index contributed by atoms with van der Waals surface area (Å²) in [5, 5.41) is 8.45. The molecule has 5 nitrogen and oxygen atoms in total. The third-order valence-corrected chi connectivity index (χ3v) is 5.20. The van der Waals surface area contributed by atoms with Gasteiger partial charge in [-0.05, 0) is 37.5 Å². The molecule has 1 aliphatic rings. The van der Waals surface area contributed by atoms with Crippen LogP contribution in [0.3, 0.4) is 0 Å². The van der Waals surface area contributed by atoms with Gasteiger partial charge < -0.3 is 14.6 Å². The molecule has 140 valence electrons. The van der Waals surface area contributed by atoms with Crippen molar-refractivity contribution < 1.29 is 9.26 Å². The van der Waals surface area contributed by atoms with E-state index in [1.165, 1.54) is 11.1 Å². The van der Waals surface area contributed by atoms with E-state index in [1.54, 1.807) is 0 Å². The average Bonchev–Trinajstić information content (AvgIpc) is 3.33.